The number of nitrogens with one attached hydrogen (secondary N) is 1. The van der Waals surface area contributed by atoms with Crippen molar-refractivity contribution in [2.45, 2.75) is 43.5 Å². The second-order valence-electron chi connectivity index (χ2n) is 6.87. The SMILES string of the molecule is O=C(Cn1cc2ccccc2n1)NC1CCN(S(=O)(=O)C2CC2)CC1. The third kappa shape index (κ3) is 3.55. The van der Waals surface area contributed by atoms with Crippen LogP contribution in [-0.2, 0) is 21.4 Å². The van der Waals surface area contributed by atoms with E-state index >= 15 is 0 Å². The van der Waals surface area contributed by atoms with Crippen LogP contribution in [0, 0.1) is 0 Å². The molecule has 1 saturated heterocycles. The predicted octanol–water partition coefficient (Wildman–Crippen LogP) is 1.11. The maximum absolute atomic E-state index is 12.3. The van der Waals surface area contributed by atoms with Crippen molar-refractivity contribution in [1.29, 1.82) is 0 Å². The van der Waals surface area contributed by atoms with Gasteiger partial charge < -0.3 is 5.32 Å². The molecule has 0 spiro atoms. The molecule has 0 radical (unpaired) electrons. The summed E-state index contributed by atoms with van der Waals surface area (Å²) in [6, 6.07) is 7.77. The average molecular weight is 362 g/mol. The predicted molar refractivity (Wildman–Crippen MR) is 94.4 cm³/mol. The number of piperidine rings is 1. The Labute approximate surface area is 147 Å². The highest BCUT2D eigenvalue weighted by molar-refractivity contribution is 7.90. The number of rotatable bonds is 5. The molecule has 1 aliphatic heterocycles. The highest BCUT2D eigenvalue weighted by Crippen LogP contribution is 2.32. The average Bonchev–Trinajstić information content (AvgIpc) is 3.37. The third-order valence-corrected chi connectivity index (χ3v) is 7.29. The van der Waals surface area contributed by atoms with Gasteiger partial charge in [-0.25, -0.2) is 12.7 Å². The van der Waals surface area contributed by atoms with E-state index < -0.39 is 10.0 Å². The van der Waals surface area contributed by atoms with Crippen molar-refractivity contribution >= 4 is 26.8 Å². The number of carbonyl (C=O) groups is 1. The van der Waals surface area contributed by atoms with Crippen LogP contribution in [0.2, 0.25) is 0 Å². The fourth-order valence-corrected chi connectivity index (χ4v) is 5.22. The minimum atomic E-state index is -3.10. The molecule has 7 nitrogen and oxygen atoms in total. The number of fused-ring (bicyclic) bond motifs is 1. The van der Waals surface area contributed by atoms with Crippen LogP contribution in [0.4, 0.5) is 0 Å². The van der Waals surface area contributed by atoms with Crippen LogP contribution in [0.5, 0.6) is 0 Å². The Hall–Kier alpha value is -1.93. The molecule has 2 aliphatic rings. The topological polar surface area (TPSA) is 84.3 Å². The second-order valence-corrected chi connectivity index (χ2v) is 9.08. The van der Waals surface area contributed by atoms with Crippen LogP contribution in [0.25, 0.3) is 10.9 Å². The molecule has 25 heavy (non-hydrogen) atoms. The second kappa shape index (κ2) is 6.42. The van der Waals surface area contributed by atoms with Gasteiger partial charge in [-0.3, -0.25) is 9.48 Å². The molecule has 0 atom stereocenters. The molecule has 2 fully saturated rings. The summed E-state index contributed by atoms with van der Waals surface area (Å²) in [5, 5.41) is 8.24. The van der Waals surface area contributed by atoms with E-state index in [9.17, 15) is 13.2 Å². The lowest BCUT2D eigenvalue weighted by atomic mass is 10.1. The molecule has 2 aromatic rings. The fourth-order valence-electron chi connectivity index (χ4n) is 3.35. The fraction of sp³-hybridized carbons (Fsp3) is 0.529. The van der Waals surface area contributed by atoms with Gasteiger partial charge in [0.15, 0.2) is 0 Å². The van der Waals surface area contributed by atoms with Gasteiger partial charge in [0.2, 0.25) is 15.9 Å². The van der Waals surface area contributed by atoms with Gasteiger partial charge >= 0.3 is 0 Å². The summed E-state index contributed by atoms with van der Waals surface area (Å²) in [6.45, 7) is 1.17. The first-order valence-electron chi connectivity index (χ1n) is 8.73. The van der Waals surface area contributed by atoms with Crippen LogP contribution < -0.4 is 5.32 Å². The van der Waals surface area contributed by atoms with Gasteiger partial charge in [0.05, 0.1) is 10.8 Å². The minimum absolute atomic E-state index is 0.0307. The molecule has 1 aromatic carbocycles. The molecule has 2 heterocycles. The first-order chi connectivity index (χ1) is 12.0. The van der Waals surface area contributed by atoms with Crippen molar-refractivity contribution < 1.29 is 13.2 Å². The molecular weight excluding hydrogens is 340 g/mol. The third-order valence-electron chi connectivity index (χ3n) is 4.89. The van der Waals surface area contributed by atoms with Crippen LogP contribution in [0.15, 0.2) is 30.5 Å². The number of nitrogens with zero attached hydrogens (tertiary/aromatic N) is 3. The Morgan fingerprint density at radius 3 is 2.56 bits per heavy atom. The van der Waals surface area contributed by atoms with Crippen LogP contribution in [-0.4, -0.2) is 52.8 Å². The largest absolute Gasteiger partial charge is 0.352 e. The van der Waals surface area contributed by atoms with E-state index in [1.165, 1.54) is 0 Å². The normalized spacial score (nSPS) is 20.0. The van der Waals surface area contributed by atoms with Crippen LogP contribution >= 0.6 is 0 Å². The van der Waals surface area contributed by atoms with E-state index in [2.05, 4.69) is 10.4 Å². The summed E-state index contributed by atoms with van der Waals surface area (Å²) in [5.74, 6) is -0.0868. The number of aromatic nitrogens is 2. The Morgan fingerprint density at radius 2 is 1.88 bits per heavy atom. The molecule has 0 bridgehead atoms. The molecule has 1 aromatic heterocycles. The lowest BCUT2D eigenvalue weighted by Crippen LogP contribution is -2.47. The highest BCUT2D eigenvalue weighted by atomic mass is 32.2. The van der Waals surface area contributed by atoms with E-state index in [0.29, 0.717) is 25.9 Å². The molecule has 1 saturated carbocycles. The van der Waals surface area contributed by atoms with Gasteiger partial charge in [0.1, 0.15) is 6.54 Å². The molecule has 8 heteroatoms. The quantitative estimate of drug-likeness (QED) is 0.863. The summed E-state index contributed by atoms with van der Waals surface area (Å²) in [6.07, 6.45) is 4.77. The summed E-state index contributed by atoms with van der Waals surface area (Å²) >= 11 is 0. The lowest BCUT2D eigenvalue weighted by molar-refractivity contribution is -0.122. The highest BCUT2D eigenvalue weighted by Gasteiger charge is 2.41. The summed E-state index contributed by atoms with van der Waals surface area (Å²) < 4.78 is 27.7. The smallest absolute Gasteiger partial charge is 0.241 e. The Balaban J connectivity index is 1.30. The minimum Gasteiger partial charge on any atom is -0.352 e. The molecule has 134 valence electrons. The first kappa shape index (κ1) is 16.5. The zero-order chi connectivity index (χ0) is 17.4. The monoisotopic (exact) mass is 362 g/mol. The standard InChI is InChI=1S/C17H22N4O3S/c22-17(12-20-11-13-3-1-2-4-16(13)19-20)18-14-7-9-21(10-8-14)25(23,24)15-5-6-15/h1-4,11,14-15H,5-10,12H2,(H,18,22). The summed E-state index contributed by atoms with van der Waals surface area (Å²) in [5.41, 5.74) is 0.869. The van der Waals surface area contributed by atoms with E-state index in [0.717, 1.165) is 23.7 Å². The Bertz CT molecular complexity index is 847. The van der Waals surface area contributed by atoms with E-state index in [1.807, 2.05) is 30.5 Å². The molecule has 0 unspecified atom stereocenters. The number of sulfonamides is 1. The molecular formula is C17H22N4O3S. The van der Waals surface area contributed by atoms with Crippen molar-refractivity contribution in [3.05, 3.63) is 30.5 Å². The number of benzene rings is 1. The van der Waals surface area contributed by atoms with E-state index in [4.69, 9.17) is 0 Å². The molecule has 1 N–H and O–H groups in total. The molecule has 1 aliphatic carbocycles. The zero-order valence-electron chi connectivity index (χ0n) is 14.0. The maximum Gasteiger partial charge on any atom is 0.241 e. The lowest BCUT2D eigenvalue weighted by Gasteiger charge is -2.31. The Kier molecular flexibility index (Phi) is 4.24. The number of hydrogen-bond donors (Lipinski definition) is 1. The number of hydrogen-bond acceptors (Lipinski definition) is 4. The van der Waals surface area contributed by atoms with Gasteiger partial charge in [-0.05, 0) is 31.7 Å². The van der Waals surface area contributed by atoms with Gasteiger partial charge in [0.25, 0.3) is 0 Å². The summed E-state index contributed by atoms with van der Waals surface area (Å²) in [4.78, 5) is 12.3. The maximum atomic E-state index is 12.3. The van der Waals surface area contributed by atoms with Gasteiger partial charge in [-0.1, -0.05) is 18.2 Å². The van der Waals surface area contributed by atoms with Crippen molar-refractivity contribution in [3.63, 3.8) is 0 Å². The van der Waals surface area contributed by atoms with Gasteiger partial charge in [0, 0.05) is 30.7 Å². The first-order valence-corrected chi connectivity index (χ1v) is 10.2. The Morgan fingerprint density at radius 1 is 1.16 bits per heavy atom. The van der Waals surface area contributed by atoms with Crippen molar-refractivity contribution in [2.75, 3.05) is 13.1 Å². The van der Waals surface area contributed by atoms with Gasteiger partial charge in [-0.15, -0.1) is 0 Å². The van der Waals surface area contributed by atoms with Crippen LogP contribution in [0.1, 0.15) is 25.7 Å². The number of amides is 1. The van der Waals surface area contributed by atoms with E-state index in [-0.39, 0.29) is 23.7 Å². The van der Waals surface area contributed by atoms with Crippen molar-refractivity contribution in [2.24, 2.45) is 0 Å². The number of carbonyl (C=O) groups excluding carboxylic acids is 1. The molecule has 1 amide bonds. The van der Waals surface area contributed by atoms with Crippen LogP contribution in [0.3, 0.4) is 0 Å². The van der Waals surface area contributed by atoms with Crippen molar-refractivity contribution in [1.82, 2.24) is 19.4 Å². The summed E-state index contributed by atoms with van der Waals surface area (Å²) in [7, 11) is -3.10. The molecule has 4 rings (SSSR count). The van der Waals surface area contributed by atoms with Crippen molar-refractivity contribution in [3.8, 4) is 0 Å². The van der Waals surface area contributed by atoms with Gasteiger partial charge in [-0.2, -0.15) is 5.10 Å². The van der Waals surface area contributed by atoms with E-state index in [1.54, 1.807) is 8.99 Å². The zero-order valence-corrected chi connectivity index (χ0v) is 14.8.